The SMILES string of the molecule is CCNC(=NCc1ccccc1S(=O)(=O)NC(C)(C)C)NCC(C)C. The lowest BCUT2D eigenvalue weighted by molar-refractivity contribution is 0.491. The standard InChI is InChI=1S/C18H32N4O2S/c1-7-19-17(20-12-14(2)3)21-13-15-10-8-9-11-16(15)25(23,24)22-18(4,5)6/h8-11,14,22H,7,12-13H2,1-6H3,(H2,19,20,21). The van der Waals surface area contributed by atoms with E-state index >= 15 is 0 Å². The van der Waals surface area contributed by atoms with Crippen LogP contribution in [0.1, 0.15) is 47.1 Å². The van der Waals surface area contributed by atoms with Crippen molar-refractivity contribution in [3.63, 3.8) is 0 Å². The summed E-state index contributed by atoms with van der Waals surface area (Å²) in [6.45, 7) is 13.5. The molecule has 0 amide bonds. The molecule has 0 fully saturated rings. The number of hydrogen-bond acceptors (Lipinski definition) is 3. The summed E-state index contributed by atoms with van der Waals surface area (Å²) >= 11 is 0. The van der Waals surface area contributed by atoms with Crippen molar-refractivity contribution in [2.24, 2.45) is 10.9 Å². The third-order valence-corrected chi connectivity index (χ3v) is 4.99. The van der Waals surface area contributed by atoms with E-state index in [2.05, 4.69) is 34.2 Å². The zero-order valence-electron chi connectivity index (χ0n) is 16.2. The number of hydrogen-bond donors (Lipinski definition) is 3. The maximum Gasteiger partial charge on any atom is 0.241 e. The molecule has 0 spiro atoms. The predicted octanol–water partition coefficient (Wildman–Crippen LogP) is 2.47. The van der Waals surface area contributed by atoms with Gasteiger partial charge < -0.3 is 10.6 Å². The largest absolute Gasteiger partial charge is 0.357 e. The summed E-state index contributed by atoms with van der Waals surface area (Å²) in [6, 6.07) is 6.97. The Morgan fingerprint density at radius 3 is 2.36 bits per heavy atom. The average molecular weight is 369 g/mol. The molecule has 1 aromatic rings. The molecule has 0 saturated carbocycles. The third kappa shape index (κ3) is 7.88. The number of aliphatic imine (C=N–C) groups is 1. The number of rotatable bonds is 7. The molecule has 142 valence electrons. The van der Waals surface area contributed by atoms with Crippen molar-refractivity contribution in [3.8, 4) is 0 Å². The summed E-state index contributed by atoms with van der Waals surface area (Å²) < 4.78 is 28.0. The summed E-state index contributed by atoms with van der Waals surface area (Å²) in [5.41, 5.74) is 0.129. The van der Waals surface area contributed by atoms with Crippen LogP contribution < -0.4 is 15.4 Å². The highest BCUT2D eigenvalue weighted by Gasteiger charge is 2.24. The normalized spacial score (nSPS) is 13.2. The lowest BCUT2D eigenvalue weighted by Crippen LogP contribution is -2.41. The second-order valence-electron chi connectivity index (χ2n) is 7.43. The summed E-state index contributed by atoms with van der Waals surface area (Å²) in [4.78, 5) is 4.80. The molecule has 0 unspecified atom stereocenters. The minimum atomic E-state index is -3.59. The molecule has 1 aromatic carbocycles. The second-order valence-corrected chi connectivity index (χ2v) is 9.08. The van der Waals surface area contributed by atoms with Crippen molar-refractivity contribution < 1.29 is 8.42 Å². The molecule has 25 heavy (non-hydrogen) atoms. The van der Waals surface area contributed by atoms with Gasteiger partial charge in [-0.25, -0.2) is 18.1 Å². The molecule has 1 rings (SSSR count). The van der Waals surface area contributed by atoms with Gasteiger partial charge in [0.1, 0.15) is 0 Å². The van der Waals surface area contributed by atoms with Gasteiger partial charge in [-0.05, 0) is 45.2 Å². The molecule has 0 heterocycles. The van der Waals surface area contributed by atoms with E-state index in [1.54, 1.807) is 18.2 Å². The number of sulfonamides is 1. The topological polar surface area (TPSA) is 82.6 Å². The van der Waals surface area contributed by atoms with Crippen molar-refractivity contribution in [1.82, 2.24) is 15.4 Å². The van der Waals surface area contributed by atoms with Gasteiger partial charge in [-0.2, -0.15) is 0 Å². The van der Waals surface area contributed by atoms with E-state index in [-0.39, 0.29) is 11.4 Å². The molecule has 0 radical (unpaired) electrons. The van der Waals surface area contributed by atoms with Crippen LogP contribution in [0.3, 0.4) is 0 Å². The zero-order chi connectivity index (χ0) is 19.1. The summed E-state index contributed by atoms with van der Waals surface area (Å²) in [5, 5.41) is 6.44. The monoisotopic (exact) mass is 368 g/mol. The molecule has 6 nitrogen and oxygen atoms in total. The Labute approximate surface area is 152 Å². The van der Waals surface area contributed by atoms with Crippen molar-refractivity contribution in [2.75, 3.05) is 13.1 Å². The van der Waals surface area contributed by atoms with E-state index in [4.69, 9.17) is 0 Å². The Morgan fingerprint density at radius 2 is 1.80 bits per heavy atom. The van der Waals surface area contributed by atoms with Gasteiger partial charge in [0, 0.05) is 18.6 Å². The Balaban J connectivity index is 3.04. The number of guanidine groups is 1. The van der Waals surface area contributed by atoms with Gasteiger partial charge in [0.05, 0.1) is 11.4 Å². The van der Waals surface area contributed by atoms with Crippen molar-refractivity contribution in [2.45, 2.75) is 58.5 Å². The van der Waals surface area contributed by atoms with Gasteiger partial charge in [-0.15, -0.1) is 0 Å². The highest BCUT2D eigenvalue weighted by Crippen LogP contribution is 2.18. The van der Waals surface area contributed by atoms with Gasteiger partial charge >= 0.3 is 0 Å². The fourth-order valence-corrected chi connectivity index (χ4v) is 3.81. The van der Waals surface area contributed by atoms with Crippen molar-refractivity contribution >= 4 is 16.0 Å². The highest BCUT2D eigenvalue weighted by atomic mass is 32.2. The maximum absolute atomic E-state index is 12.7. The molecule has 7 heteroatoms. The molecule has 0 aliphatic carbocycles. The van der Waals surface area contributed by atoms with Gasteiger partial charge in [0.15, 0.2) is 5.96 Å². The second kappa shape index (κ2) is 9.20. The molecule has 0 bridgehead atoms. The van der Waals surface area contributed by atoms with Crippen LogP contribution >= 0.6 is 0 Å². The van der Waals surface area contributed by atoms with Crippen LogP contribution in [0.25, 0.3) is 0 Å². The van der Waals surface area contributed by atoms with Gasteiger partial charge in [-0.1, -0.05) is 32.0 Å². The molecule has 3 N–H and O–H groups in total. The van der Waals surface area contributed by atoms with Crippen molar-refractivity contribution in [1.29, 1.82) is 0 Å². The Morgan fingerprint density at radius 1 is 1.16 bits per heavy atom. The fraction of sp³-hybridized carbons (Fsp3) is 0.611. The van der Waals surface area contributed by atoms with E-state index in [1.165, 1.54) is 0 Å². The molecule has 0 aliphatic heterocycles. The average Bonchev–Trinajstić information content (AvgIpc) is 2.48. The van der Waals surface area contributed by atoms with Crippen LogP contribution in [0.5, 0.6) is 0 Å². The smallest absolute Gasteiger partial charge is 0.241 e. The zero-order valence-corrected chi connectivity index (χ0v) is 17.0. The van der Waals surface area contributed by atoms with Crippen LogP contribution in [-0.2, 0) is 16.6 Å². The molecular formula is C18H32N4O2S. The van der Waals surface area contributed by atoms with E-state index < -0.39 is 15.6 Å². The lowest BCUT2D eigenvalue weighted by atomic mass is 10.1. The maximum atomic E-state index is 12.7. The van der Waals surface area contributed by atoms with Crippen LogP contribution in [0.2, 0.25) is 0 Å². The van der Waals surface area contributed by atoms with Gasteiger partial charge in [0.25, 0.3) is 0 Å². The highest BCUT2D eigenvalue weighted by molar-refractivity contribution is 7.89. The Bertz CT molecular complexity index is 677. The Hall–Kier alpha value is -1.60. The molecule has 0 aliphatic rings. The van der Waals surface area contributed by atoms with E-state index in [0.29, 0.717) is 17.4 Å². The third-order valence-electron chi connectivity index (χ3n) is 3.13. The predicted molar refractivity (Wildman–Crippen MR) is 104 cm³/mol. The number of nitrogens with one attached hydrogen (secondary N) is 3. The van der Waals surface area contributed by atoms with E-state index in [9.17, 15) is 8.42 Å². The molecule has 0 atom stereocenters. The number of nitrogens with zero attached hydrogens (tertiary/aromatic N) is 1. The lowest BCUT2D eigenvalue weighted by Gasteiger charge is -2.21. The van der Waals surface area contributed by atoms with Gasteiger partial charge in [-0.3, -0.25) is 0 Å². The first-order valence-corrected chi connectivity index (χ1v) is 10.2. The van der Waals surface area contributed by atoms with Crippen LogP contribution in [0.15, 0.2) is 34.2 Å². The van der Waals surface area contributed by atoms with Crippen LogP contribution in [0, 0.1) is 5.92 Å². The minimum Gasteiger partial charge on any atom is -0.357 e. The molecule has 0 aromatic heterocycles. The first-order valence-electron chi connectivity index (χ1n) is 8.69. The molecule has 0 saturated heterocycles. The summed E-state index contributed by atoms with van der Waals surface area (Å²) in [6.07, 6.45) is 0. The Kier molecular flexibility index (Phi) is 7.89. The van der Waals surface area contributed by atoms with Crippen LogP contribution in [-0.4, -0.2) is 33.0 Å². The van der Waals surface area contributed by atoms with E-state index in [0.717, 1.165) is 13.1 Å². The first kappa shape index (κ1) is 21.4. The van der Waals surface area contributed by atoms with Crippen molar-refractivity contribution in [3.05, 3.63) is 29.8 Å². The quantitative estimate of drug-likeness (QED) is 0.510. The first-order chi connectivity index (χ1) is 11.5. The van der Waals surface area contributed by atoms with E-state index in [1.807, 2.05) is 33.8 Å². The number of benzene rings is 1. The summed E-state index contributed by atoms with van der Waals surface area (Å²) in [7, 11) is -3.59. The molecular weight excluding hydrogens is 336 g/mol. The van der Waals surface area contributed by atoms with Crippen LogP contribution in [0.4, 0.5) is 0 Å². The fourth-order valence-electron chi connectivity index (χ4n) is 2.16. The minimum absolute atomic E-state index is 0.272. The summed E-state index contributed by atoms with van der Waals surface area (Å²) in [5.74, 6) is 1.18. The van der Waals surface area contributed by atoms with Gasteiger partial charge in [0.2, 0.25) is 10.0 Å².